The molecule has 0 radical (unpaired) electrons. The van der Waals surface area contributed by atoms with Crippen molar-refractivity contribution in [2.24, 2.45) is 11.5 Å². The molecule has 0 bridgehead atoms. The van der Waals surface area contributed by atoms with Crippen LogP contribution in [-0.2, 0) is 0 Å². The number of rotatable bonds is 0. The van der Waals surface area contributed by atoms with Gasteiger partial charge in [0, 0.05) is 0 Å². The lowest BCUT2D eigenvalue weighted by molar-refractivity contribution is 0.204. The minimum Gasteiger partial charge on any atom is -0.465 e. The molecule has 0 atom stereocenters. The summed E-state index contributed by atoms with van der Waals surface area (Å²) in [5, 5.41) is 24.5. The van der Waals surface area contributed by atoms with Gasteiger partial charge in [0.15, 0.2) is 0 Å². The molecule has 0 spiro atoms. The van der Waals surface area contributed by atoms with Crippen LogP contribution >= 0.6 is 0 Å². The van der Waals surface area contributed by atoms with E-state index < -0.39 is 12.2 Å². The van der Waals surface area contributed by atoms with Crippen LogP contribution in [0.2, 0.25) is 0 Å². The summed E-state index contributed by atoms with van der Waals surface area (Å²) in [5.41, 5.74) is 8.06. The Balaban J connectivity index is 0. The van der Waals surface area contributed by atoms with E-state index in [0.29, 0.717) is 0 Å². The molecule has 0 saturated carbocycles. The van der Waals surface area contributed by atoms with E-state index in [1.807, 2.05) is 0 Å². The van der Waals surface area contributed by atoms with Crippen molar-refractivity contribution in [1.29, 1.82) is 0 Å². The van der Waals surface area contributed by atoms with Crippen LogP contribution < -0.4 is 11.5 Å². The molecule has 0 aliphatic carbocycles. The number of carboxylic acid groups (broad SMARTS) is 2. The maximum atomic E-state index is 8.78. The van der Waals surface area contributed by atoms with Crippen LogP contribution in [0, 0.1) is 0 Å². The molecule has 9 heteroatoms. The standard InChI is InChI=1S/C3H3N3.2CH3NO2/c1-2-4-6-5-3-1;2*2-1(3)4/h1-3H;2*2H2,(H,3,4). The van der Waals surface area contributed by atoms with Gasteiger partial charge in [-0.15, -0.1) is 10.2 Å². The maximum Gasteiger partial charge on any atom is 0.402 e. The number of primary amides is 2. The Labute approximate surface area is 78.4 Å². The third-order valence-electron chi connectivity index (χ3n) is 0.409. The van der Waals surface area contributed by atoms with Gasteiger partial charge in [-0.3, -0.25) is 0 Å². The summed E-state index contributed by atoms with van der Waals surface area (Å²) >= 11 is 0. The zero-order valence-corrected chi connectivity index (χ0v) is 6.94. The second-order valence-corrected chi connectivity index (χ2v) is 1.49. The molecule has 1 aromatic heterocycles. The van der Waals surface area contributed by atoms with Gasteiger partial charge in [-0.25, -0.2) is 9.59 Å². The first-order valence-electron chi connectivity index (χ1n) is 3.02. The van der Waals surface area contributed by atoms with E-state index >= 15 is 0 Å². The third-order valence-corrected chi connectivity index (χ3v) is 0.409. The molecule has 1 heterocycles. The molecule has 0 fully saturated rings. The topological polar surface area (TPSA) is 165 Å². The van der Waals surface area contributed by atoms with Crippen molar-refractivity contribution in [1.82, 2.24) is 15.4 Å². The molecular weight excluding hydrogens is 194 g/mol. The summed E-state index contributed by atoms with van der Waals surface area (Å²) in [6, 6.07) is 1.72. The van der Waals surface area contributed by atoms with Crippen LogP contribution in [0.3, 0.4) is 0 Å². The minimum atomic E-state index is -1.33. The summed E-state index contributed by atoms with van der Waals surface area (Å²) < 4.78 is 0. The van der Waals surface area contributed by atoms with Crippen molar-refractivity contribution in [3.63, 3.8) is 0 Å². The predicted octanol–water partition coefficient (Wildman–Crippen LogP) is -0.882. The average molecular weight is 203 g/mol. The summed E-state index contributed by atoms with van der Waals surface area (Å²) in [4.78, 5) is 17.6. The first-order valence-corrected chi connectivity index (χ1v) is 3.02. The summed E-state index contributed by atoms with van der Waals surface area (Å²) in [6.07, 6.45) is 0.486. The second kappa shape index (κ2) is 10.6. The van der Waals surface area contributed by atoms with Gasteiger partial charge < -0.3 is 21.7 Å². The quantitative estimate of drug-likeness (QED) is 0.424. The van der Waals surface area contributed by atoms with Crippen molar-refractivity contribution in [2.45, 2.75) is 0 Å². The normalized spacial score (nSPS) is 6.86. The smallest absolute Gasteiger partial charge is 0.402 e. The van der Waals surface area contributed by atoms with Gasteiger partial charge in [-0.1, -0.05) is 0 Å². The molecule has 0 aliphatic heterocycles. The fourth-order valence-electron chi connectivity index (χ4n) is 0.205. The zero-order valence-electron chi connectivity index (χ0n) is 6.94. The van der Waals surface area contributed by atoms with Crippen molar-refractivity contribution in [3.05, 3.63) is 18.5 Å². The first kappa shape index (κ1) is 14.1. The lowest BCUT2D eigenvalue weighted by Gasteiger charge is -1.68. The Morgan fingerprint density at radius 1 is 1.00 bits per heavy atom. The molecular formula is C5H9N5O4. The molecule has 0 unspecified atom stereocenters. The molecule has 0 saturated heterocycles. The molecule has 1 aromatic rings. The molecule has 0 aliphatic rings. The number of carbonyl (C=O) groups is 2. The molecule has 2 amide bonds. The van der Waals surface area contributed by atoms with Crippen LogP contribution in [0.15, 0.2) is 18.5 Å². The van der Waals surface area contributed by atoms with Crippen LogP contribution in [0.4, 0.5) is 9.59 Å². The van der Waals surface area contributed by atoms with Crippen LogP contribution in [0.1, 0.15) is 0 Å². The number of hydrogen-bond donors (Lipinski definition) is 4. The molecule has 14 heavy (non-hydrogen) atoms. The minimum absolute atomic E-state index is 1.33. The number of nitrogens with two attached hydrogens (primary N) is 2. The van der Waals surface area contributed by atoms with Crippen LogP contribution in [0.5, 0.6) is 0 Å². The summed E-state index contributed by atoms with van der Waals surface area (Å²) in [5.74, 6) is 0. The van der Waals surface area contributed by atoms with Gasteiger partial charge in [0.1, 0.15) is 0 Å². The number of aromatic nitrogens is 3. The highest BCUT2D eigenvalue weighted by atomic mass is 16.4. The Bertz CT molecular complexity index is 207. The van der Waals surface area contributed by atoms with E-state index in [9.17, 15) is 0 Å². The summed E-state index contributed by atoms with van der Waals surface area (Å²) in [6.45, 7) is 0. The fraction of sp³-hybridized carbons (Fsp3) is 0. The van der Waals surface area contributed by atoms with E-state index in [2.05, 4.69) is 26.9 Å². The zero-order chi connectivity index (χ0) is 11.4. The van der Waals surface area contributed by atoms with Crippen LogP contribution in [-0.4, -0.2) is 37.8 Å². The fourth-order valence-corrected chi connectivity index (χ4v) is 0.205. The molecule has 78 valence electrons. The van der Waals surface area contributed by atoms with E-state index in [-0.39, 0.29) is 0 Å². The lowest BCUT2D eigenvalue weighted by Crippen LogP contribution is -2.03. The second-order valence-electron chi connectivity index (χ2n) is 1.49. The van der Waals surface area contributed by atoms with Gasteiger partial charge in [0.25, 0.3) is 0 Å². The van der Waals surface area contributed by atoms with Crippen molar-refractivity contribution in [3.8, 4) is 0 Å². The van der Waals surface area contributed by atoms with Crippen molar-refractivity contribution >= 4 is 12.2 Å². The van der Waals surface area contributed by atoms with Gasteiger partial charge in [0.05, 0.1) is 12.4 Å². The maximum absolute atomic E-state index is 8.78. The molecule has 6 N–H and O–H groups in total. The molecule has 1 rings (SSSR count). The van der Waals surface area contributed by atoms with E-state index in [1.165, 1.54) is 0 Å². The predicted molar refractivity (Wildman–Crippen MR) is 44.3 cm³/mol. The van der Waals surface area contributed by atoms with E-state index in [1.54, 1.807) is 18.5 Å². The van der Waals surface area contributed by atoms with Gasteiger partial charge in [-0.05, 0) is 11.3 Å². The summed E-state index contributed by atoms with van der Waals surface area (Å²) in [7, 11) is 0. The monoisotopic (exact) mass is 203 g/mol. The molecule has 9 nitrogen and oxygen atoms in total. The van der Waals surface area contributed by atoms with E-state index in [0.717, 1.165) is 0 Å². The number of amides is 2. The Kier molecular flexibility index (Phi) is 10.6. The Morgan fingerprint density at radius 2 is 1.29 bits per heavy atom. The Morgan fingerprint density at radius 3 is 1.36 bits per heavy atom. The highest BCUT2D eigenvalue weighted by molar-refractivity contribution is 5.61. The highest BCUT2D eigenvalue weighted by Crippen LogP contribution is 1.61. The largest absolute Gasteiger partial charge is 0.465 e. The van der Waals surface area contributed by atoms with Crippen LogP contribution in [0.25, 0.3) is 0 Å². The van der Waals surface area contributed by atoms with Gasteiger partial charge >= 0.3 is 12.2 Å². The van der Waals surface area contributed by atoms with Gasteiger partial charge in [0.2, 0.25) is 0 Å². The number of nitrogens with zero attached hydrogens (tertiary/aromatic N) is 3. The Hall–Kier alpha value is -2.45. The SMILES string of the molecule is NC(=O)O.NC(=O)O.c1cnnnc1. The van der Waals surface area contributed by atoms with Crippen molar-refractivity contribution < 1.29 is 19.8 Å². The lowest BCUT2D eigenvalue weighted by atomic mass is 10.7. The third kappa shape index (κ3) is 55.4. The van der Waals surface area contributed by atoms with Gasteiger partial charge in [-0.2, -0.15) is 0 Å². The first-order chi connectivity index (χ1) is 6.46. The highest BCUT2D eigenvalue weighted by Gasteiger charge is 1.65. The molecule has 0 aromatic carbocycles. The number of hydrogen-bond acceptors (Lipinski definition) is 5. The van der Waals surface area contributed by atoms with E-state index in [4.69, 9.17) is 19.8 Å². The van der Waals surface area contributed by atoms with Crippen molar-refractivity contribution in [2.75, 3.05) is 0 Å². The average Bonchev–Trinajstić information content (AvgIpc) is 2.05.